The number of fused-ring (bicyclic) bond motifs is 1. The molecule has 0 bridgehead atoms. The third-order valence-electron chi connectivity index (χ3n) is 5.04. The van der Waals surface area contributed by atoms with Gasteiger partial charge in [0.1, 0.15) is 0 Å². The number of urea groups is 1. The number of amides is 2. The summed E-state index contributed by atoms with van der Waals surface area (Å²) in [6, 6.07) is 8.10. The van der Waals surface area contributed by atoms with Crippen LogP contribution in [-0.4, -0.2) is 54.9 Å². The molecular formula is C19H26N4O2. The van der Waals surface area contributed by atoms with Gasteiger partial charge in [-0.2, -0.15) is 0 Å². The molecule has 2 amide bonds. The lowest BCUT2D eigenvalue weighted by atomic mass is 10.2. The van der Waals surface area contributed by atoms with E-state index in [1.165, 1.54) is 18.4 Å². The molecule has 2 fully saturated rings. The molecule has 0 atom stereocenters. The Hall–Kier alpha value is -2.05. The normalized spacial score (nSPS) is 18.4. The van der Waals surface area contributed by atoms with Crippen molar-refractivity contribution in [1.82, 2.24) is 14.8 Å². The van der Waals surface area contributed by atoms with Gasteiger partial charge in [0.2, 0.25) is 0 Å². The van der Waals surface area contributed by atoms with Crippen LogP contribution >= 0.6 is 0 Å². The molecule has 0 spiro atoms. The van der Waals surface area contributed by atoms with Crippen molar-refractivity contribution in [1.29, 1.82) is 0 Å². The molecule has 6 heteroatoms. The monoisotopic (exact) mass is 342 g/mol. The Labute approximate surface area is 148 Å². The first kappa shape index (κ1) is 16.4. The van der Waals surface area contributed by atoms with E-state index in [1.807, 2.05) is 12.1 Å². The molecule has 1 saturated heterocycles. The van der Waals surface area contributed by atoms with Crippen molar-refractivity contribution in [2.75, 3.05) is 44.7 Å². The fourth-order valence-electron chi connectivity index (χ4n) is 3.28. The fraction of sp³-hybridized carbons (Fsp3) is 0.526. The van der Waals surface area contributed by atoms with Crippen LogP contribution in [0, 0.1) is 5.92 Å². The summed E-state index contributed by atoms with van der Waals surface area (Å²) in [5.41, 5.74) is 2.05. The average molecular weight is 342 g/mol. The van der Waals surface area contributed by atoms with Gasteiger partial charge in [0, 0.05) is 55.5 Å². The van der Waals surface area contributed by atoms with Crippen LogP contribution in [-0.2, 0) is 11.3 Å². The number of carbonyl (C=O) groups is 1. The molecule has 1 saturated carbocycles. The van der Waals surface area contributed by atoms with E-state index in [0.29, 0.717) is 5.92 Å². The number of carbonyl (C=O) groups excluding carboxylic acids is 1. The van der Waals surface area contributed by atoms with E-state index in [4.69, 9.17) is 4.74 Å². The van der Waals surface area contributed by atoms with Gasteiger partial charge in [-0.05, 0) is 43.0 Å². The van der Waals surface area contributed by atoms with E-state index in [2.05, 4.69) is 38.4 Å². The molecule has 2 aliphatic rings. The SMILES string of the molecule is O=C(NCC1CC1)Nc1ccc2c(ccn2CCN2CCOCC2)c1. The molecule has 1 aliphatic heterocycles. The minimum Gasteiger partial charge on any atom is -0.379 e. The summed E-state index contributed by atoms with van der Waals surface area (Å²) in [4.78, 5) is 14.4. The maximum atomic E-state index is 11.9. The van der Waals surface area contributed by atoms with Crippen molar-refractivity contribution in [3.63, 3.8) is 0 Å². The Kier molecular flexibility index (Phi) is 4.90. The van der Waals surface area contributed by atoms with Crippen LogP contribution in [0.1, 0.15) is 12.8 Å². The summed E-state index contributed by atoms with van der Waals surface area (Å²) in [6.45, 7) is 6.50. The minimum absolute atomic E-state index is 0.113. The number of ether oxygens (including phenoxy) is 1. The number of aromatic nitrogens is 1. The topological polar surface area (TPSA) is 58.5 Å². The Morgan fingerprint density at radius 2 is 2.00 bits per heavy atom. The Morgan fingerprint density at radius 3 is 2.80 bits per heavy atom. The van der Waals surface area contributed by atoms with Crippen LogP contribution in [0.3, 0.4) is 0 Å². The van der Waals surface area contributed by atoms with Gasteiger partial charge in [-0.15, -0.1) is 0 Å². The summed E-state index contributed by atoms with van der Waals surface area (Å²) < 4.78 is 7.68. The van der Waals surface area contributed by atoms with E-state index < -0.39 is 0 Å². The summed E-state index contributed by atoms with van der Waals surface area (Å²) >= 11 is 0. The van der Waals surface area contributed by atoms with Gasteiger partial charge in [-0.25, -0.2) is 4.79 Å². The van der Waals surface area contributed by atoms with Gasteiger partial charge < -0.3 is 19.9 Å². The molecule has 1 aromatic heterocycles. The lowest BCUT2D eigenvalue weighted by Gasteiger charge is -2.26. The highest BCUT2D eigenvalue weighted by atomic mass is 16.5. The fourth-order valence-corrected chi connectivity index (χ4v) is 3.28. The summed E-state index contributed by atoms with van der Waals surface area (Å²) in [5, 5.41) is 7.02. The van der Waals surface area contributed by atoms with E-state index in [9.17, 15) is 4.79 Å². The zero-order chi connectivity index (χ0) is 17.1. The van der Waals surface area contributed by atoms with Crippen LogP contribution in [0.2, 0.25) is 0 Å². The maximum Gasteiger partial charge on any atom is 0.319 e. The van der Waals surface area contributed by atoms with Gasteiger partial charge in [0.15, 0.2) is 0 Å². The quantitative estimate of drug-likeness (QED) is 0.848. The average Bonchev–Trinajstić information content (AvgIpc) is 3.38. The van der Waals surface area contributed by atoms with Crippen molar-refractivity contribution < 1.29 is 9.53 Å². The number of nitrogens with one attached hydrogen (secondary N) is 2. The number of benzene rings is 1. The van der Waals surface area contributed by atoms with Crippen molar-refractivity contribution in [3.8, 4) is 0 Å². The predicted molar refractivity (Wildman–Crippen MR) is 98.9 cm³/mol. The van der Waals surface area contributed by atoms with E-state index >= 15 is 0 Å². The third kappa shape index (κ3) is 4.32. The molecular weight excluding hydrogens is 316 g/mol. The van der Waals surface area contributed by atoms with Crippen LogP contribution in [0.4, 0.5) is 10.5 Å². The smallest absolute Gasteiger partial charge is 0.319 e. The molecule has 6 nitrogen and oxygen atoms in total. The van der Waals surface area contributed by atoms with Crippen LogP contribution in [0.15, 0.2) is 30.5 Å². The molecule has 4 rings (SSSR count). The zero-order valence-corrected chi connectivity index (χ0v) is 14.5. The lowest BCUT2D eigenvalue weighted by molar-refractivity contribution is 0.0365. The van der Waals surface area contributed by atoms with Crippen molar-refractivity contribution in [2.45, 2.75) is 19.4 Å². The lowest BCUT2D eigenvalue weighted by Crippen LogP contribution is -2.38. The van der Waals surface area contributed by atoms with Gasteiger partial charge in [-0.3, -0.25) is 4.90 Å². The summed E-state index contributed by atoms with van der Waals surface area (Å²) in [7, 11) is 0. The molecule has 25 heavy (non-hydrogen) atoms. The number of rotatable bonds is 6. The Bertz CT molecular complexity index is 732. The highest BCUT2D eigenvalue weighted by molar-refractivity contribution is 5.92. The van der Waals surface area contributed by atoms with Crippen LogP contribution in [0.5, 0.6) is 0 Å². The van der Waals surface area contributed by atoms with Crippen LogP contribution in [0.25, 0.3) is 10.9 Å². The van der Waals surface area contributed by atoms with E-state index in [0.717, 1.165) is 57.0 Å². The maximum absolute atomic E-state index is 11.9. The van der Waals surface area contributed by atoms with Crippen LogP contribution < -0.4 is 10.6 Å². The highest BCUT2D eigenvalue weighted by Crippen LogP contribution is 2.27. The van der Waals surface area contributed by atoms with Gasteiger partial charge in [0.05, 0.1) is 13.2 Å². The Balaban J connectivity index is 1.35. The standard InChI is InChI=1S/C19H26N4O2/c24-19(20-14-15-1-2-15)21-17-3-4-18-16(13-17)5-6-23(18)8-7-22-9-11-25-12-10-22/h3-6,13,15H,1-2,7-12,14H2,(H2,20,21,24). The first-order chi connectivity index (χ1) is 12.3. The molecule has 0 unspecified atom stereocenters. The number of morpholine rings is 1. The summed E-state index contributed by atoms with van der Waals surface area (Å²) in [5.74, 6) is 0.689. The van der Waals surface area contributed by atoms with E-state index in [-0.39, 0.29) is 6.03 Å². The molecule has 0 radical (unpaired) electrons. The number of nitrogens with zero attached hydrogens (tertiary/aromatic N) is 2. The number of hydrogen-bond donors (Lipinski definition) is 2. The Morgan fingerprint density at radius 1 is 1.16 bits per heavy atom. The second-order valence-electron chi connectivity index (χ2n) is 7.02. The molecule has 2 heterocycles. The van der Waals surface area contributed by atoms with Crippen molar-refractivity contribution in [3.05, 3.63) is 30.5 Å². The molecule has 134 valence electrons. The second-order valence-corrected chi connectivity index (χ2v) is 7.02. The predicted octanol–water partition coefficient (Wildman–Crippen LogP) is 2.51. The number of hydrogen-bond acceptors (Lipinski definition) is 3. The molecule has 2 N–H and O–H groups in total. The largest absolute Gasteiger partial charge is 0.379 e. The molecule has 1 aliphatic carbocycles. The van der Waals surface area contributed by atoms with Crippen molar-refractivity contribution >= 4 is 22.6 Å². The molecule has 2 aromatic rings. The first-order valence-electron chi connectivity index (χ1n) is 9.22. The van der Waals surface area contributed by atoms with E-state index in [1.54, 1.807) is 0 Å². The third-order valence-corrected chi connectivity index (χ3v) is 5.04. The van der Waals surface area contributed by atoms with Gasteiger partial charge >= 0.3 is 6.03 Å². The van der Waals surface area contributed by atoms with Crippen molar-refractivity contribution in [2.24, 2.45) is 5.92 Å². The van der Waals surface area contributed by atoms with Gasteiger partial charge in [-0.1, -0.05) is 0 Å². The first-order valence-corrected chi connectivity index (χ1v) is 9.22. The zero-order valence-electron chi connectivity index (χ0n) is 14.5. The second kappa shape index (κ2) is 7.45. The van der Waals surface area contributed by atoms with Gasteiger partial charge in [0.25, 0.3) is 0 Å². The minimum atomic E-state index is -0.113. The summed E-state index contributed by atoms with van der Waals surface area (Å²) in [6.07, 6.45) is 4.61. The number of anilines is 1. The highest BCUT2D eigenvalue weighted by Gasteiger charge is 2.21. The molecule has 1 aromatic carbocycles.